The molecule has 1 N–H and O–H groups in total. The first-order valence-corrected chi connectivity index (χ1v) is 9.98. The standard InChI is InChI=1S/C15H34O3Si/c1-4-5-6-7-8-9-10-11-12-13-14-15-19(16,17-2)18-3/h16H,4-15H2,1-3H3. The number of rotatable bonds is 14. The Kier molecular flexibility index (Phi) is 13.2. The molecular weight excluding hydrogens is 256 g/mol. The Morgan fingerprint density at radius 2 is 1.05 bits per heavy atom. The van der Waals surface area contributed by atoms with Gasteiger partial charge in [0, 0.05) is 20.3 Å². The molecule has 0 aliphatic heterocycles. The van der Waals surface area contributed by atoms with E-state index in [1.54, 1.807) is 0 Å². The smallest absolute Gasteiger partial charge is 0.390 e. The normalized spacial score (nSPS) is 12.0. The summed E-state index contributed by atoms with van der Waals surface area (Å²) in [5.74, 6) is 0. The highest BCUT2D eigenvalue weighted by Gasteiger charge is 2.32. The summed E-state index contributed by atoms with van der Waals surface area (Å²) in [4.78, 5) is 9.87. The van der Waals surface area contributed by atoms with Crippen LogP contribution in [0.25, 0.3) is 0 Å². The molecule has 0 amide bonds. The van der Waals surface area contributed by atoms with Crippen LogP contribution in [0.1, 0.15) is 77.6 Å². The van der Waals surface area contributed by atoms with Crippen LogP contribution in [0.4, 0.5) is 0 Å². The van der Waals surface area contributed by atoms with Crippen molar-refractivity contribution in [3.8, 4) is 0 Å². The van der Waals surface area contributed by atoms with E-state index in [4.69, 9.17) is 8.85 Å². The van der Waals surface area contributed by atoms with E-state index < -0.39 is 8.80 Å². The highest BCUT2D eigenvalue weighted by Crippen LogP contribution is 2.16. The van der Waals surface area contributed by atoms with Gasteiger partial charge in [0.1, 0.15) is 0 Å². The molecule has 0 unspecified atom stereocenters. The van der Waals surface area contributed by atoms with Crippen molar-refractivity contribution in [1.29, 1.82) is 0 Å². The van der Waals surface area contributed by atoms with Crippen molar-refractivity contribution in [2.75, 3.05) is 14.2 Å². The quantitative estimate of drug-likeness (QED) is 0.377. The van der Waals surface area contributed by atoms with Crippen LogP contribution in [0.3, 0.4) is 0 Å². The summed E-state index contributed by atoms with van der Waals surface area (Å²) >= 11 is 0. The minimum Gasteiger partial charge on any atom is -0.390 e. The van der Waals surface area contributed by atoms with Gasteiger partial charge in [-0.1, -0.05) is 71.1 Å². The van der Waals surface area contributed by atoms with Crippen molar-refractivity contribution in [2.24, 2.45) is 0 Å². The summed E-state index contributed by atoms with van der Waals surface area (Å²) in [5, 5.41) is 0. The average molecular weight is 291 g/mol. The van der Waals surface area contributed by atoms with Crippen molar-refractivity contribution in [3.63, 3.8) is 0 Å². The Labute approximate surface area is 121 Å². The largest absolute Gasteiger partial charge is 0.497 e. The van der Waals surface area contributed by atoms with Gasteiger partial charge < -0.3 is 13.6 Å². The lowest BCUT2D eigenvalue weighted by molar-refractivity contribution is 0.150. The van der Waals surface area contributed by atoms with Gasteiger partial charge in [-0.15, -0.1) is 0 Å². The van der Waals surface area contributed by atoms with Crippen LogP contribution in [0.15, 0.2) is 0 Å². The lowest BCUT2D eigenvalue weighted by Crippen LogP contribution is -2.39. The van der Waals surface area contributed by atoms with Crippen LogP contribution in [-0.4, -0.2) is 27.8 Å². The molecule has 0 heterocycles. The monoisotopic (exact) mass is 290 g/mol. The first kappa shape index (κ1) is 19.1. The van der Waals surface area contributed by atoms with Gasteiger partial charge in [-0.2, -0.15) is 0 Å². The third kappa shape index (κ3) is 11.6. The van der Waals surface area contributed by atoms with Gasteiger partial charge in [-0.25, -0.2) is 0 Å². The summed E-state index contributed by atoms with van der Waals surface area (Å²) < 4.78 is 10.1. The molecule has 0 saturated carbocycles. The van der Waals surface area contributed by atoms with Crippen molar-refractivity contribution in [1.82, 2.24) is 0 Å². The molecule has 0 aliphatic carbocycles. The first-order valence-electron chi connectivity index (χ1n) is 8.01. The van der Waals surface area contributed by atoms with E-state index in [0.29, 0.717) is 6.04 Å². The van der Waals surface area contributed by atoms with E-state index in [1.807, 2.05) is 0 Å². The maximum absolute atomic E-state index is 9.87. The summed E-state index contributed by atoms with van der Waals surface area (Å²) in [6.07, 6.45) is 14.5. The maximum Gasteiger partial charge on any atom is 0.497 e. The molecular formula is C15H34O3Si. The Hall–Kier alpha value is 0.0969. The van der Waals surface area contributed by atoms with Crippen LogP contribution in [-0.2, 0) is 8.85 Å². The van der Waals surface area contributed by atoms with Crippen LogP contribution in [0.5, 0.6) is 0 Å². The minimum absolute atomic E-state index is 0.691. The minimum atomic E-state index is -2.79. The zero-order chi connectivity index (χ0) is 14.4. The summed E-state index contributed by atoms with van der Waals surface area (Å²) in [5.41, 5.74) is 0. The topological polar surface area (TPSA) is 38.7 Å². The van der Waals surface area contributed by atoms with Gasteiger partial charge >= 0.3 is 8.80 Å². The van der Waals surface area contributed by atoms with Crippen LogP contribution in [0.2, 0.25) is 6.04 Å². The third-order valence-corrected chi connectivity index (χ3v) is 6.00. The van der Waals surface area contributed by atoms with Gasteiger partial charge in [0.15, 0.2) is 0 Å². The molecule has 4 heteroatoms. The Bertz CT molecular complexity index is 184. The molecule has 116 valence electrons. The molecule has 0 rings (SSSR count). The van der Waals surface area contributed by atoms with Crippen molar-refractivity contribution < 1.29 is 13.6 Å². The van der Waals surface area contributed by atoms with E-state index >= 15 is 0 Å². The van der Waals surface area contributed by atoms with Crippen molar-refractivity contribution in [2.45, 2.75) is 83.6 Å². The predicted octanol–water partition coefficient (Wildman–Crippen LogP) is 4.52. The second-order valence-electron chi connectivity index (χ2n) is 5.41. The second-order valence-corrected chi connectivity index (χ2v) is 8.15. The molecule has 0 bridgehead atoms. The van der Waals surface area contributed by atoms with E-state index in [-0.39, 0.29) is 0 Å². The number of hydrogen-bond acceptors (Lipinski definition) is 3. The van der Waals surface area contributed by atoms with E-state index in [9.17, 15) is 4.80 Å². The molecule has 0 aromatic rings. The molecule has 0 aromatic carbocycles. The van der Waals surface area contributed by atoms with Crippen LogP contribution in [0, 0.1) is 0 Å². The molecule has 19 heavy (non-hydrogen) atoms. The van der Waals surface area contributed by atoms with Crippen molar-refractivity contribution >= 4 is 8.80 Å². The lowest BCUT2D eigenvalue weighted by Gasteiger charge is -2.19. The molecule has 0 aliphatic rings. The summed E-state index contributed by atoms with van der Waals surface area (Å²) in [6.45, 7) is 2.26. The maximum atomic E-state index is 9.87. The Balaban J connectivity index is 3.19. The van der Waals surface area contributed by atoms with Crippen LogP contribution < -0.4 is 0 Å². The van der Waals surface area contributed by atoms with Gasteiger partial charge in [0.25, 0.3) is 0 Å². The highest BCUT2D eigenvalue weighted by molar-refractivity contribution is 6.59. The van der Waals surface area contributed by atoms with Gasteiger partial charge in [-0.3, -0.25) is 0 Å². The third-order valence-electron chi connectivity index (χ3n) is 3.73. The zero-order valence-electron chi connectivity index (χ0n) is 13.2. The van der Waals surface area contributed by atoms with Crippen LogP contribution >= 0.6 is 0 Å². The number of unbranched alkanes of at least 4 members (excludes halogenated alkanes) is 10. The van der Waals surface area contributed by atoms with E-state index in [0.717, 1.165) is 6.42 Å². The zero-order valence-corrected chi connectivity index (χ0v) is 14.2. The fraction of sp³-hybridized carbons (Fsp3) is 1.00. The fourth-order valence-electron chi connectivity index (χ4n) is 2.30. The van der Waals surface area contributed by atoms with E-state index in [2.05, 4.69) is 6.92 Å². The lowest BCUT2D eigenvalue weighted by atomic mass is 10.1. The number of hydrogen-bond donors (Lipinski definition) is 1. The second kappa shape index (κ2) is 13.1. The summed E-state index contributed by atoms with van der Waals surface area (Å²) in [6, 6.07) is 0.691. The molecule has 0 spiro atoms. The Morgan fingerprint density at radius 1 is 0.684 bits per heavy atom. The van der Waals surface area contributed by atoms with Gasteiger partial charge in [0.05, 0.1) is 0 Å². The van der Waals surface area contributed by atoms with Crippen molar-refractivity contribution in [3.05, 3.63) is 0 Å². The fourth-order valence-corrected chi connectivity index (χ4v) is 3.57. The molecule has 0 aromatic heterocycles. The average Bonchev–Trinajstić information content (AvgIpc) is 2.44. The first-order chi connectivity index (χ1) is 9.18. The predicted molar refractivity (Wildman–Crippen MR) is 83.3 cm³/mol. The summed E-state index contributed by atoms with van der Waals surface area (Å²) in [7, 11) is 0.281. The van der Waals surface area contributed by atoms with Gasteiger partial charge in [0.2, 0.25) is 0 Å². The van der Waals surface area contributed by atoms with Gasteiger partial charge in [-0.05, 0) is 6.42 Å². The molecule has 0 fully saturated rings. The SMILES string of the molecule is CCCCCCCCCCCCC[Si](O)(OC)OC. The molecule has 0 radical (unpaired) electrons. The van der Waals surface area contributed by atoms with E-state index in [1.165, 1.54) is 78.4 Å². The molecule has 0 atom stereocenters. The molecule has 0 saturated heterocycles. The molecule has 3 nitrogen and oxygen atoms in total. The Morgan fingerprint density at radius 3 is 1.42 bits per heavy atom. The highest BCUT2D eigenvalue weighted by atomic mass is 28.4.